The van der Waals surface area contributed by atoms with E-state index in [9.17, 15) is 0 Å². The summed E-state index contributed by atoms with van der Waals surface area (Å²) in [6.45, 7) is 2.25. The Bertz CT molecular complexity index is 283. The van der Waals surface area contributed by atoms with E-state index in [1.165, 1.54) is 30.6 Å². The Balaban J connectivity index is 2.13. The lowest BCUT2D eigenvalue weighted by Gasteiger charge is -2.18. The van der Waals surface area contributed by atoms with Gasteiger partial charge >= 0.3 is 0 Å². The lowest BCUT2D eigenvalue weighted by Crippen LogP contribution is -2.01. The highest BCUT2D eigenvalue weighted by Crippen LogP contribution is 2.53. The topological polar surface area (TPSA) is 0 Å². The molecule has 0 aromatic carbocycles. The maximum Gasteiger partial charge on any atom is 0.0114 e. The van der Waals surface area contributed by atoms with E-state index in [0.29, 0.717) is 0 Å². The molecule has 0 N–H and O–H groups in total. The first-order valence-electron chi connectivity index (χ1n) is 4.95. The van der Waals surface area contributed by atoms with Crippen molar-refractivity contribution >= 4 is 11.3 Å². The third-order valence-corrected chi connectivity index (χ3v) is 4.63. The van der Waals surface area contributed by atoms with E-state index in [-0.39, 0.29) is 0 Å². The average molecular weight is 178 g/mol. The minimum Gasteiger partial charge on any atom is -0.145 e. The van der Waals surface area contributed by atoms with Crippen molar-refractivity contribution in [2.45, 2.75) is 44.4 Å². The van der Waals surface area contributed by atoms with E-state index < -0.39 is 0 Å². The Morgan fingerprint density at radius 1 is 1.33 bits per heavy atom. The van der Waals surface area contributed by atoms with E-state index in [2.05, 4.69) is 24.3 Å². The zero-order chi connectivity index (χ0) is 8.13. The highest BCUT2D eigenvalue weighted by atomic mass is 32.1. The Labute approximate surface area is 77.6 Å². The number of aryl methyl sites for hydroxylation is 1. The van der Waals surface area contributed by atoms with Crippen molar-refractivity contribution in [3.8, 4) is 0 Å². The minimum absolute atomic E-state index is 0.948. The first kappa shape index (κ1) is 7.14. The molecule has 2 atom stereocenters. The van der Waals surface area contributed by atoms with Crippen LogP contribution in [0.2, 0.25) is 0 Å². The van der Waals surface area contributed by atoms with E-state index >= 15 is 0 Å². The molecule has 2 aliphatic carbocycles. The van der Waals surface area contributed by atoms with Gasteiger partial charge in [-0.15, -0.1) is 11.3 Å². The molecule has 2 aliphatic rings. The van der Waals surface area contributed by atoms with Crippen molar-refractivity contribution in [2.24, 2.45) is 0 Å². The van der Waals surface area contributed by atoms with Gasteiger partial charge in [0.15, 0.2) is 0 Å². The molecule has 0 aliphatic heterocycles. The molecular weight excluding hydrogens is 164 g/mol. The van der Waals surface area contributed by atoms with Crippen molar-refractivity contribution in [3.63, 3.8) is 0 Å². The Hall–Kier alpha value is -0.300. The molecule has 0 nitrogen and oxygen atoms in total. The SMILES string of the molecule is Cc1cc2c(s1)[C@H]1CCC[C@@H]2C1. The molecule has 0 radical (unpaired) electrons. The molecule has 12 heavy (non-hydrogen) atoms. The maximum atomic E-state index is 2.44. The van der Waals surface area contributed by atoms with Crippen LogP contribution in [-0.4, -0.2) is 0 Å². The van der Waals surface area contributed by atoms with Gasteiger partial charge in [0, 0.05) is 9.75 Å². The molecule has 1 aromatic heterocycles. The standard InChI is InChI=1S/C11H14S/c1-7-5-10-8-3-2-4-9(6-8)11(10)12-7/h5,8-9H,2-4,6H2,1H3/t8-,9+/m1/s1. The van der Waals surface area contributed by atoms with E-state index in [4.69, 9.17) is 0 Å². The second-order valence-corrected chi connectivity index (χ2v) is 5.52. The fourth-order valence-corrected chi connectivity index (χ4v) is 4.16. The second kappa shape index (κ2) is 2.35. The lowest BCUT2D eigenvalue weighted by atomic mass is 9.87. The van der Waals surface area contributed by atoms with Gasteiger partial charge in [0.05, 0.1) is 0 Å². The largest absolute Gasteiger partial charge is 0.145 e. The average Bonchev–Trinajstić information content (AvgIpc) is 2.55. The van der Waals surface area contributed by atoms with Gasteiger partial charge in [-0.2, -0.15) is 0 Å². The first-order valence-corrected chi connectivity index (χ1v) is 5.76. The molecule has 0 unspecified atom stereocenters. The summed E-state index contributed by atoms with van der Waals surface area (Å²) in [6, 6.07) is 2.44. The van der Waals surface area contributed by atoms with Crippen LogP contribution in [0.5, 0.6) is 0 Å². The molecule has 3 rings (SSSR count). The van der Waals surface area contributed by atoms with Crippen LogP contribution in [0.3, 0.4) is 0 Å². The van der Waals surface area contributed by atoms with Gasteiger partial charge in [-0.25, -0.2) is 0 Å². The summed E-state index contributed by atoms with van der Waals surface area (Å²) < 4.78 is 0. The normalized spacial score (nSPS) is 32.1. The fraction of sp³-hybridized carbons (Fsp3) is 0.636. The van der Waals surface area contributed by atoms with Crippen LogP contribution in [0.15, 0.2) is 6.07 Å². The third-order valence-electron chi connectivity index (χ3n) is 3.40. The summed E-state index contributed by atoms with van der Waals surface area (Å²) in [5.41, 5.74) is 1.72. The number of rotatable bonds is 0. The number of fused-ring (bicyclic) bond motifs is 5. The number of hydrogen-bond acceptors (Lipinski definition) is 1. The maximum absolute atomic E-state index is 2.44. The van der Waals surface area contributed by atoms with Crippen molar-refractivity contribution < 1.29 is 0 Å². The predicted octanol–water partition coefficient (Wildman–Crippen LogP) is 3.81. The molecule has 1 heteroatoms. The van der Waals surface area contributed by atoms with Crippen LogP contribution in [0.1, 0.15) is 52.8 Å². The summed E-state index contributed by atoms with van der Waals surface area (Å²) >= 11 is 2.05. The summed E-state index contributed by atoms with van der Waals surface area (Å²) in [5, 5.41) is 0. The molecule has 1 fully saturated rings. The summed E-state index contributed by atoms with van der Waals surface area (Å²) in [4.78, 5) is 3.27. The van der Waals surface area contributed by atoms with Gasteiger partial charge in [-0.1, -0.05) is 6.42 Å². The monoisotopic (exact) mass is 178 g/mol. The number of thiophene rings is 1. The van der Waals surface area contributed by atoms with Gasteiger partial charge in [0.2, 0.25) is 0 Å². The van der Waals surface area contributed by atoms with Crippen LogP contribution in [0, 0.1) is 6.92 Å². The third kappa shape index (κ3) is 0.832. The van der Waals surface area contributed by atoms with Gasteiger partial charge in [-0.3, -0.25) is 0 Å². The Kier molecular flexibility index (Phi) is 1.40. The van der Waals surface area contributed by atoms with Crippen molar-refractivity contribution in [3.05, 3.63) is 21.4 Å². The Morgan fingerprint density at radius 3 is 3.08 bits per heavy atom. The van der Waals surface area contributed by atoms with Gasteiger partial charge < -0.3 is 0 Å². The highest BCUT2D eigenvalue weighted by molar-refractivity contribution is 7.12. The zero-order valence-electron chi connectivity index (χ0n) is 7.47. The quantitative estimate of drug-likeness (QED) is 0.566. The second-order valence-electron chi connectivity index (χ2n) is 4.24. The molecular formula is C11H14S. The summed E-state index contributed by atoms with van der Waals surface area (Å²) in [6.07, 6.45) is 5.86. The van der Waals surface area contributed by atoms with Gasteiger partial charge in [-0.05, 0) is 49.7 Å². The highest BCUT2D eigenvalue weighted by Gasteiger charge is 2.35. The molecule has 2 bridgehead atoms. The van der Waals surface area contributed by atoms with E-state index in [0.717, 1.165) is 11.8 Å². The van der Waals surface area contributed by atoms with Crippen LogP contribution in [-0.2, 0) is 0 Å². The summed E-state index contributed by atoms with van der Waals surface area (Å²) in [5.74, 6) is 1.90. The van der Waals surface area contributed by atoms with Gasteiger partial charge in [0.25, 0.3) is 0 Å². The summed E-state index contributed by atoms with van der Waals surface area (Å²) in [7, 11) is 0. The van der Waals surface area contributed by atoms with Crippen LogP contribution in [0.4, 0.5) is 0 Å². The van der Waals surface area contributed by atoms with Crippen LogP contribution in [0.25, 0.3) is 0 Å². The van der Waals surface area contributed by atoms with E-state index in [1.54, 1.807) is 10.4 Å². The lowest BCUT2D eigenvalue weighted by molar-refractivity contribution is 0.436. The van der Waals surface area contributed by atoms with Gasteiger partial charge in [0.1, 0.15) is 0 Å². The predicted molar refractivity (Wildman–Crippen MR) is 53.0 cm³/mol. The first-order chi connectivity index (χ1) is 5.84. The molecule has 0 saturated heterocycles. The molecule has 0 amide bonds. The smallest absolute Gasteiger partial charge is 0.0114 e. The minimum atomic E-state index is 0.948. The Morgan fingerprint density at radius 2 is 2.17 bits per heavy atom. The zero-order valence-corrected chi connectivity index (χ0v) is 8.29. The van der Waals surface area contributed by atoms with Crippen LogP contribution >= 0.6 is 11.3 Å². The molecule has 64 valence electrons. The molecule has 1 saturated carbocycles. The fourth-order valence-electron chi connectivity index (χ4n) is 2.90. The van der Waals surface area contributed by atoms with Crippen molar-refractivity contribution in [1.82, 2.24) is 0 Å². The molecule has 1 heterocycles. The molecule has 0 spiro atoms. The van der Waals surface area contributed by atoms with E-state index in [1.807, 2.05) is 0 Å². The molecule has 1 aromatic rings. The van der Waals surface area contributed by atoms with Crippen molar-refractivity contribution in [1.29, 1.82) is 0 Å². The van der Waals surface area contributed by atoms with Crippen LogP contribution < -0.4 is 0 Å². The van der Waals surface area contributed by atoms with Crippen molar-refractivity contribution in [2.75, 3.05) is 0 Å². The number of hydrogen-bond donors (Lipinski definition) is 0.